The van der Waals surface area contributed by atoms with Gasteiger partial charge in [0.25, 0.3) is 0 Å². The van der Waals surface area contributed by atoms with Gasteiger partial charge in [-0.15, -0.1) is 0 Å². The number of hydrogen-bond donors (Lipinski definition) is 1. The van der Waals surface area contributed by atoms with Crippen LogP contribution in [0.3, 0.4) is 0 Å². The van der Waals surface area contributed by atoms with Crippen LogP contribution >= 0.6 is 0 Å². The predicted molar refractivity (Wildman–Crippen MR) is 84.4 cm³/mol. The van der Waals surface area contributed by atoms with E-state index in [1.807, 2.05) is 0 Å². The second kappa shape index (κ2) is 6.53. The number of nitrogens with one attached hydrogen (secondary N) is 1. The molecule has 0 radical (unpaired) electrons. The van der Waals surface area contributed by atoms with E-state index in [2.05, 4.69) is 31.3 Å². The molecule has 1 aromatic heterocycles. The zero-order chi connectivity index (χ0) is 14.7. The summed E-state index contributed by atoms with van der Waals surface area (Å²) in [5.41, 5.74) is 0.204. The molecule has 2 aliphatic rings. The van der Waals surface area contributed by atoms with E-state index in [1.165, 1.54) is 25.7 Å². The Labute approximate surface area is 128 Å². The zero-order valence-electron chi connectivity index (χ0n) is 13.5. The Morgan fingerprint density at radius 2 is 2.19 bits per heavy atom. The van der Waals surface area contributed by atoms with Crippen LogP contribution in [0.2, 0.25) is 0 Å². The average molecular weight is 291 g/mol. The van der Waals surface area contributed by atoms with Gasteiger partial charge in [0.1, 0.15) is 11.5 Å². The molecule has 1 N–H and O–H groups in total. The van der Waals surface area contributed by atoms with E-state index in [0.717, 1.165) is 43.9 Å². The van der Waals surface area contributed by atoms with E-state index in [4.69, 9.17) is 9.15 Å². The van der Waals surface area contributed by atoms with Crippen molar-refractivity contribution >= 4 is 0 Å². The molecular formula is C18H29NO2. The SMILES string of the molecule is CCCNC(c1ccc(CC)o1)C1CCOC2(CCC2)C1. The number of aryl methyl sites for hydroxylation is 1. The molecule has 0 aromatic carbocycles. The first kappa shape index (κ1) is 15.1. The van der Waals surface area contributed by atoms with Crippen LogP contribution in [-0.4, -0.2) is 18.8 Å². The van der Waals surface area contributed by atoms with Gasteiger partial charge in [0.15, 0.2) is 0 Å². The van der Waals surface area contributed by atoms with Crippen molar-refractivity contribution in [2.75, 3.05) is 13.2 Å². The summed E-state index contributed by atoms with van der Waals surface area (Å²) < 4.78 is 12.2. The van der Waals surface area contributed by atoms with Crippen molar-refractivity contribution in [3.8, 4) is 0 Å². The lowest BCUT2D eigenvalue weighted by molar-refractivity contribution is -0.148. The summed E-state index contributed by atoms with van der Waals surface area (Å²) in [6.07, 6.45) is 8.30. The number of furan rings is 1. The molecule has 3 nitrogen and oxygen atoms in total. The molecule has 3 rings (SSSR count). The first-order valence-electron chi connectivity index (χ1n) is 8.72. The van der Waals surface area contributed by atoms with Gasteiger partial charge in [0.05, 0.1) is 11.6 Å². The summed E-state index contributed by atoms with van der Waals surface area (Å²) in [5.74, 6) is 2.86. The first-order valence-corrected chi connectivity index (χ1v) is 8.72. The van der Waals surface area contributed by atoms with Crippen molar-refractivity contribution in [1.29, 1.82) is 0 Å². The highest BCUT2D eigenvalue weighted by atomic mass is 16.5. The van der Waals surface area contributed by atoms with Crippen LogP contribution in [0.1, 0.15) is 69.9 Å². The van der Waals surface area contributed by atoms with Crippen molar-refractivity contribution in [2.45, 2.75) is 70.4 Å². The number of hydrogen-bond acceptors (Lipinski definition) is 3. The quantitative estimate of drug-likeness (QED) is 0.851. The molecule has 21 heavy (non-hydrogen) atoms. The van der Waals surface area contributed by atoms with Gasteiger partial charge >= 0.3 is 0 Å². The minimum atomic E-state index is 0.204. The minimum Gasteiger partial charge on any atom is -0.464 e. The predicted octanol–water partition coefficient (Wildman–Crippen LogP) is 4.23. The van der Waals surface area contributed by atoms with Gasteiger partial charge in [0.2, 0.25) is 0 Å². The van der Waals surface area contributed by atoms with E-state index < -0.39 is 0 Å². The molecule has 1 spiro atoms. The number of ether oxygens (including phenoxy) is 1. The van der Waals surface area contributed by atoms with E-state index in [9.17, 15) is 0 Å². The molecule has 2 heterocycles. The fraction of sp³-hybridized carbons (Fsp3) is 0.778. The van der Waals surface area contributed by atoms with Crippen LogP contribution in [0, 0.1) is 5.92 Å². The lowest BCUT2D eigenvalue weighted by Gasteiger charge is -2.48. The zero-order valence-corrected chi connectivity index (χ0v) is 13.5. The molecule has 0 amide bonds. The van der Waals surface area contributed by atoms with Crippen LogP contribution < -0.4 is 5.32 Å². The standard InChI is InChI=1S/C18H29NO2/c1-3-11-19-17(16-7-6-15(4-2)21-16)14-8-12-20-18(13-14)9-5-10-18/h6-7,14,17,19H,3-5,8-13H2,1-2H3. The molecule has 1 saturated heterocycles. The summed E-state index contributed by atoms with van der Waals surface area (Å²) in [6.45, 7) is 6.34. The van der Waals surface area contributed by atoms with Crippen molar-refractivity contribution < 1.29 is 9.15 Å². The van der Waals surface area contributed by atoms with E-state index >= 15 is 0 Å². The van der Waals surface area contributed by atoms with Gasteiger partial charge in [-0.25, -0.2) is 0 Å². The molecule has 2 atom stereocenters. The third-order valence-electron chi connectivity index (χ3n) is 5.22. The smallest absolute Gasteiger partial charge is 0.121 e. The van der Waals surface area contributed by atoms with Gasteiger partial charge < -0.3 is 14.5 Å². The maximum absolute atomic E-state index is 6.09. The molecule has 2 unspecified atom stereocenters. The second-order valence-electron chi connectivity index (χ2n) is 6.73. The first-order chi connectivity index (χ1) is 10.3. The Balaban J connectivity index is 1.74. The molecule has 2 fully saturated rings. The van der Waals surface area contributed by atoms with Crippen molar-refractivity contribution in [2.24, 2.45) is 5.92 Å². The van der Waals surface area contributed by atoms with Gasteiger partial charge in [-0.1, -0.05) is 13.8 Å². The highest BCUT2D eigenvalue weighted by Gasteiger charge is 2.44. The molecule has 1 aromatic rings. The van der Waals surface area contributed by atoms with Crippen LogP contribution in [0.25, 0.3) is 0 Å². The Hall–Kier alpha value is -0.800. The summed E-state index contributed by atoms with van der Waals surface area (Å²) in [5, 5.41) is 3.73. The molecule has 0 bridgehead atoms. The highest BCUT2D eigenvalue weighted by Crippen LogP contribution is 2.47. The van der Waals surface area contributed by atoms with E-state index in [1.54, 1.807) is 0 Å². The topological polar surface area (TPSA) is 34.4 Å². The Kier molecular flexibility index (Phi) is 4.70. The molecule has 118 valence electrons. The summed E-state index contributed by atoms with van der Waals surface area (Å²) in [4.78, 5) is 0. The second-order valence-corrected chi connectivity index (χ2v) is 6.73. The molecule has 1 aliphatic heterocycles. The van der Waals surface area contributed by atoms with Crippen molar-refractivity contribution in [1.82, 2.24) is 5.32 Å². The summed E-state index contributed by atoms with van der Waals surface area (Å²) in [6, 6.07) is 4.66. The maximum atomic E-state index is 6.09. The van der Waals surface area contributed by atoms with Crippen LogP contribution in [0.15, 0.2) is 16.5 Å². The average Bonchev–Trinajstić information content (AvgIpc) is 2.95. The number of rotatable bonds is 6. The third kappa shape index (κ3) is 3.19. The Morgan fingerprint density at radius 3 is 2.81 bits per heavy atom. The van der Waals surface area contributed by atoms with Crippen LogP contribution in [0.4, 0.5) is 0 Å². The van der Waals surface area contributed by atoms with Gasteiger partial charge in [-0.3, -0.25) is 0 Å². The lowest BCUT2D eigenvalue weighted by Crippen LogP contribution is -2.48. The van der Waals surface area contributed by atoms with Gasteiger partial charge in [-0.05, 0) is 63.1 Å². The van der Waals surface area contributed by atoms with Gasteiger partial charge in [-0.2, -0.15) is 0 Å². The normalized spacial score (nSPS) is 25.7. The molecule has 1 aliphatic carbocycles. The molecule has 1 saturated carbocycles. The van der Waals surface area contributed by atoms with E-state index in [0.29, 0.717) is 12.0 Å². The van der Waals surface area contributed by atoms with Crippen molar-refractivity contribution in [3.05, 3.63) is 23.7 Å². The fourth-order valence-electron chi connectivity index (χ4n) is 3.82. The Bertz CT molecular complexity index is 450. The van der Waals surface area contributed by atoms with Gasteiger partial charge in [0, 0.05) is 13.0 Å². The minimum absolute atomic E-state index is 0.204. The third-order valence-corrected chi connectivity index (χ3v) is 5.22. The molecule has 3 heteroatoms. The Morgan fingerprint density at radius 1 is 1.33 bits per heavy atom. The van der Waals surface area contributed by atoms with Crippen molar-refractivity contribution in [3.63, 3.8) is 0 Å². The van der Waals surface area contributed by atoms with Crippen LogP contribution in [-0.2, 0) is 11.2 Å². The molecular weight excluding hydrogens is 262 g/mol. The van der Waals surface area contributed by atoms with Crippen LogP contribution in [0.5, 0.6) is 0 Å². The largest absolute Gasteiger partial charge is 0.464 e. The fourth-order valence-corrected chi connectivity index (χ4v) is 3.82. The lowest BCUT2D eigenvalue weighted by atomic mass is 9.70. The highest BCUT2D eigenvalue weighted by molar-refractivity contribution is 5.13. The summed E-state index contributed by atoms with van der Waals surface area (Å²) in [7, 11) is 0. The maximum Gasteiger partial charge on any atom is 0.121 e. The van der Waals surface area contributed by atoms with E-state index in [-0.39, 0.29) is 5.60 Å². The monoisotopic (exact) mass is 291 g/mol. The summed E-state index contributed by atoms with van der Waals surface area (Å²) >= 11 is 0.